The van der Waals surface area contributed by atoms with Crippen LogP contribution < -0.4 is 5.32 Å². The van der Waals surface area contributed by atoms with Crippen molar-refractivity contribution in [3.05, 3.63) is 23.9 Å². The summed E-state index contributed by atoms with van der Waals surface area (Å²) >= 11 is 0. The number of hydrogen-bond donors (Lipinski definition) is 1. The Morgan fingerprint density at radius 1 is 1.78 bits per heavy atom. The lowest BCUT2D eigenvalue weighted by molar-refractivity contribution is 0.794. The third-order valence-electron chi connectivity index (χ3n) is 1.30. The van der Waals surface area contributed by atoms with Crippen LogP contribution in [0.4, 0.5) is 0 Å². The van der Waals surface area contributed by atoms with E-state index in [0.29, 0.717) is 0 Å². The summed E-state index contributed by atoms with van der Waals surface area (Å²) in [6.07, 6.45) is 5.61. The van der Waals surface area contributed by atoms with Gasteiger partial charge in [0.25, 0.3) is 0 Å². The highest BCUT2D eigenvalue weighted by molar-refractivity contribution is 5.26. The average molecular weight is 120 g/mol. The van der Waals surface area contributed by atoms with Gasteiger partial charge in [0.05, 0.1) is 6.07 Å². The minimum Gasteiger partial charge on any atom is -0.372 e. The molecular weight excluding hydrogens is 112 g/mol. The fourth-order valence-electron chi connectivity index (χ4n) is 0.718. The molecule has 0 saturated heterocycles. The lowest BCUT2D eigenvalue weighted by Gasteiger charge is -2.11. The molecule has 0 aromatic heterocycles. The van der Waals surface area contributed by atoms with Crippen molar-refractivity contribution in [2.45, 2.75) is 13.0 Å². The monoisotopic (exact) mass is 120 g/mol. The lowest BCUT2D eigenvalue weighted by Crippen LogP contribution is -2.25. The fraction of sp³-hybridized carbons (Fsp3) is 0.286. The Balaban J connectivity index is 2.73. The molecule has 0 saturated carbocycles. The predicted octanol–water partition coefficient (Wildman–Crippen LogP) is 0.942. The molecule has 1 rings (SSSR count). The topological polar surface area (TPSA) is 35.8 Å². The van der Waals surface area contributed by atoms with Crippen molar-refractivity contribution in [3.8, 4) is 6.07 Å². The third-order valence-corrected chi connectivity index (χ3v) is 1.30. The first-order valence-corrected chi connectivity index (χ1v) is 2.83. The first-order chi connectivity index (χ1) is 4.34. The van der Waals surface area contributed by atoms with E-state index in [4.69, 9.17) is 5.26 Å². The highest BCUT2D eigenvalue weighted by Gasteiger charge is 2.06. The van der Waals surface area contributed by atoms with Gasteiger partial charge >= 0.3 is 0 Å². The van der Waals surface area contributed by atoms with Gasteiger partial charge in [0.2, 0.25) is 0 Å². The van der Waals surface area contributed by atoms with E-state index in [1.54, 1.807) is 6.20 Å². The Bertz CT molecular complexity index is 195. The second kappa shape index (κ2) is 2.36. The molecule has 1 aliphatic heterocycles. The summed E-state index contributed by atoms with van der Waals surface area (Å²) in [6.45, 7) is 1.93. The van der Waals surface area contributed by atoms with E-state index in [-0.39, 0.29) is 6.04 Å². The van der Waals surface area contributed by atoms with E-state index in [9.17, 15) is 0 Å². The zero-order valence-corrected chi connectivity index (χ0v) is 5.26. The van der Waals surface area contributed by atoms with Crippen LogP contribution in [0.3, 0.4) is 0 Å². The lowest BCUT2D eigenvalue weighted by atomic mass is 10.1. The molecule has 1 atom stereocenters. The van der Waals surface area contributed by atoms with E-state index < -0.39 is 0 Å². The van der Waals surface area contributed by atoms with Gasteiger partial charge in [-0.15, -0.1) is 0 Å². The van der Waals surface area contributed by atoms with Crippen molar-refractivity contribution in [1.82, 2.24) is 5.32 Å². The number of hydrogen-bond acceptors (Lipinski definition) is 2. The van der Waals surface area contributed by atoms with Crippen LogP contribution in [0.5, 0.6) is 0 Å². The Labute approximate surface area is 54.5 Å². The third kappa shape index (κ3) is 1.11. The molecule has 0 amide bonds. The molecule has 1 aliphatic rings. The summed E-state index contributed by atoms with van der Waals surface area (Å²) in [5.74, 6) is 0. The molecule has 9 heavy (non-hydrogen) atoms. The highest BCUT2D eigenvalue weighted by Crippen LogP contribution is 2.03. The number of nitrogens with one attached hydrogen (secondary N) is 1. The van der Waals surface area contributed by atoms with Crippen LogP contribution in [0.1, 0.15) is 6.92 Å². The predicted molar refractivity (Wildman–Crippen MR) is 35.4 cm³/mol. The van der Waals surface area contributed by atoms with E-state index in [1.165, 1.54) is 0 Å². The molecule has 0 aliphatic carbocycles. The van der Waals surface area contributed by atoms with Crippen LogP contribution >= 0.6 is 0 Å². The largest absolute Gasteiger partial charge is 0.372 e. The van der Waals surface area contributed by atoms with Crippen LogP contribution in [-0.4, -0.2) is 6.04 Å². The van der Waals surface area contributed by atoms with Crippen molar-refractivity contribution < 1.29 is 0 Å². The maximum Gasteiger partial charge on any atom is 0.135 e. The van der Waals surface area contributed by atoms with Gasteiger partial charge in [0.15, 0.2) is 0 Å². The molecule has 1 unspecified atom stereocenters. The summed E-state index contributed by atoms with van der Waals surface area (Å²) < 4.78 is 0. The number of rotatable bonds is 0. The summed E-state index contributed by atoms with van der Waals surface area (Å²) in [4.78, 5) is 0. The molecule has 2 heteroatoms. The van der Waals surface area contributed by atoms with Crippen molar-refractivity contribution in [2.75, 3.05) is 0 Å². The summed E-state index contributed by atoms with van der Waals surface area (Å²) in [5.41, 5.74) is 1.07. The standard InChI is InChI=1S/C7H8N2/c1-6-3-2-4-9-7(6)5-8/h2-4,7,9H,1H3. The van der Waals surface area contributed by atoms with E-state index in [0.717, 1.165) is 5.57 Å². The molecule has 0 aromatic rings. The highest BCUT2D eigenvalue weighted by atomic mass is 14.9. The normalized spacial score (nSPS) is 24.0. The number of dihydropyridines is 1. The molecule has 0 aromatic carbocycles. The number of allylic oxidation sites excluding steroid dienone is 2. The minimum absolute atomic E-state index is 0.116. The van der Waals surface area contributed by atoms with Crippen molar-refractivity contribution >= 4 is 0 Å². The first-order valence-electron chi connectivity index (χ1n) is 2.83. The Kier molecular flexibility index (Phi) is 1.55. The fourth-order valence-corrected chi connectivity index (χ4v) is 0.718. The molecule has 46 valence electrons. The van der Waals surface area contributed by atoms with Gasteiger partial charge in [0, 0.05) is 0 Å². The molecule has 1 heterocycles. The molecule has 0 fully saturated rings. The maximum atomic E-state index is 8.47. The zero-order chi connectivity index (χ0) is 6.69. The Morgan fingerprint density at radius 3 is 3.00 bits per heavy atom. The van der Waals surface area contributed by atoms with Crippen LogP contribution in [0.2, 0.25) is 0 Å². The molecule has 1 N–H and O–H groups in total. The minimum atomic E-state index is -0.116. The van der Waals surface area contributed by atoms with Crippen LogP contribution in [-0.2, 0) is 0 Å². The molecule has 0 spiro atoms. The molecule has 0 radical (unpaired) electrons. The number of nitriles is 1. The van der Waals surface area contributed by atoms with Gasteiger partial charge in [-0.05, 0) is 24.8 Å². The second-order valence-electron chi connectivity index (χ2n) is 2.00. The second-order valence-corrected chi connectivity index (χ2v) is 2.00. The van der Waals surface area contributed by atoms with E-state index in [1.807, 2.05) is 19.1 Å². The average Bonchev–Trinajstić information content (AvgIpc) is 1.89. The summed E-state index contributed by atoms with van der Waals surface area (Å²) in [7, 11) is 0. The van der Waals surface area contributed by atoms with Crippen LogP contribution in [0, 0.1) is 11.3 Å². The molecular formula is C7H8N2. The first kappa shape index (κ1) is 5.90. The van der Waals surface area contributed by atoms with Gasteiger partial charge in [-0.25, -0.2) is 0 Å². The molecule has 0 bridgehead atoms. The van der Waals surface area contributed by atoms with Crippen molar-refractivity contribution in [1.29, 1.82) is 5.26 Å². The van der Waals surface area contributed by atoms with E-state index in [2.05, 4.69) is 11.4 Å². The van der Waals surface area contributed by atoms with Gasteiger partial charge in [-0.1, -0.05) is 6.08 Å². The van der Waals surface area contributed by atoms with Crippen LogP contribution in [0.25, 0.3) is 0 Å². The Hall–Kier alpha value is -1.23. The quantitative estimate of drug-likeness (QED) is 0.516. The zero-order valence-electron chi connectivity index (χ0n) is 5.26. The van der Waals surface area contributed by atoms with E-state index >= 15 is 0 Å². The maximum absolute atomic E-state index is 8.47. The van der Waals surface area contributed by atoms with Gasteiger partial charge < -0.3 is 5.32 Å². The van der Waals surface area contributed by atoms with Crippen LogP contribution in [0.15, 0.2) is 23.9 Å². The molecule has 2 nitrogen and oxygen atoms in total. The van der Waals surface area contributed by atoms with Gasteiger partial charge in [-0.3, -0.25) is 0 Å². The van der Waals surface area contributed by atoms with Gasteiger partial charge in [-0.2, -0.15) is 5.26 Å². The smallest absolute Gasteiger partial charge is 0.135 e. The summed E-state index contributed by atoms with van der Waals surface area (Å²) in [6, 6.07) is 2.01. The van der Waals surface area contributed by atoms with Crippen molar-refractivity contribution in [3.63, 3.8) is 0 Å². The SMILES string of the molecule is CC1=CC=CNC1C#N. The Morgan fingerprint density at radius 2 is 2.56 bits per heavy atom. The number of nitrogens with zero attached hydrogens (tertiary/aromatic N) is 1. The summed E-state index contributed by atoms with van der Waals surface area (Å²) in [5, 5.41) is 11.4. The van der Waals surface area contributed by atoms with Gasteiger partial charge in [0.1, 0.15) is 6.04 Å². The van der Waals surface area contributed by atoms with Crippen molar-refractivity contribution in [2.24, 2.45) is 0 Å².